The molecule has 21 heavy (non-hydrogen) atoms. The lowest BCUT2D eigenvalue weighted by Gasteiger charge is -2.23. The molecule has 0 atom stereocenters. The van der Waals surface area contributed by atoms with Gasteiger partial charge < -0.3 is 9.84 Å². The molecule has 0 saturated heterocycles. The quantitative estimate of drug-likeness (QED) is 0.797. The van der Waals surface area contributed by atoms with Gasteiger partial charge in [-0.15, -0.1) is 0 Å². The number of carbonyl (C=O) groups excluding carboxylic acids is 1. The van der Waals surface area contributed by atoms with Crippen LogP contribution in [0.1, 0.15) is 20.8 Å². The Morgan fingerprint density at radius 2 is 2.05 bits per heavy atom. The summed E-state index contributed by atoms with van der Waals surface area (Å²) in [5, 5.41) is 9.89. The summed E-state index contributed by atoms with van der Waals surface area (Å²) in [7, 11) is 0. The van der Waals surface area contributed by atoms with Gasteiger partial charge in [0.1, 0.15) is 5.60 Å². The highest BCUT2D eigenvalue weighted by molar-refractivity contribution is 9.10. The van der Waals surface area contributed by atoms with Gasteiger partial charge in [0, 0.05) is 9.86 Å². The van der Waals surface area contributed by atoms with Crippen LogP contribution in [0.3, 0.4) is 0 Å². The lowest BCUT2D eigenvalue weighted by atomic mass is 10.2. The van der Waals surface area contributed by atoms with E-state index in [1.54, 1.807) is 32.9 Å². The molecule has 0 spiro atoms. The molecule has 0 fully saturated rings. The third-order valence-corrected chi connectivity index (χ3v) is 3.70. The first kappa shape index (κ1) is 15.7. The van der Waals surface area contributed by atoms with Crippen molar-refractivity contribution >= 4 is 55.6 Å². The van der Waals surface area contributed by atoms with Gasteiger partial charge in [0.2, 0.25) is 0 Å². The summed E-state index contributed by atoms with van der Waals surface area (Å²) in [5.74, 6) is 0.0538. The predicted molar refractivity (Wildman–Crippen MR) is 84.1 cm³/mol. The largest absolute Gasteiger partial charge is 0.464 e. The molecule has 6 nitrogen and oxygen atoms in total. The van der Waals surface area contributed by atoms with Crippen molar-refractivity contribution in [3.05, 3.63) is 22.7 Å². The zero-order chi connectivity index (χ0) is 15.8. The molecule has 1 aromatic carbocycles. The highest BCUT2D eigenvalue weighted by Gasteiger charge is 2.31. The van der Waals surface area contributed by atoms with Crippen molar-refractivity contribution in [3.63, 3.8) is 0 Å². The van der Waals surface area contributed by atoms with Gasteiger partial charge >= 0.3 is 12.2 Å². The smallest absolute Gasteiger partial charge is 0.425 e. The van der Waals surface area contributed by atoms with Gasteiger partial charge in [0.15, 0.2) is 5.82 Å². The Bertz CT molecular complexity index is 708. The van der Waals surface area contributed by atoms with E-state index in [0.717, 1.165) is 20.7 Å². The van der Waals surface area contributed by atoms with Crippen LogP contribution in [0.5, 0.6) is 0 Å². The van der Waals surface area contributed by atoms with Crippen LogP contribution >= 0.6 is 27.5 Å². The second kappa shape index (κ2) is 5.61. The number of amides is 2. The fourth-order valence-corrected chi connectivity index (χ4v) is 2.73. The number of benzene rings is 1. The normalized spacial score (nSPS) is 11.4. The van der Waals surface area contributed by atoms with Crippen LogP contribution in [0.2, 0.25) is 0 Å². The Morgan fingerprint density at radius 3 is 2.62 bits per heavy atom. The topological polar surface area (TPSA) is 79.7 Å². The SMILES string of the molecule is CC(C)(C)OC(=O)N(C(=O)O)c1nsc2ccc(Br)cc12. The van der Waals surface area contributed by atoms with Crippen LogP contribution in [0.4, 0.5) is 15.4 Å². The van der Waals surface area contributed by atoms with E-state index in [1.165, 1.54) is 0 Å². The molecular formula is C13H13BrN2O4S. The maximum atomic E-state index is 12.1. The van der Waals surface area contributed by atoms with Crippen LogP contribution in [0.25, 0.3) is 10.1 Å². The zero-order valence-corrected chi connectivity index (χ0v) is 14.0. The number of fused-ring (bicyclic) bond motifs is 1. The molecule has 0 bridgehead atoms. The van der Waals surface area contributed by atoms with Crippen molar-refractivity contribution < 1.29 is 19.4 Å². The minimum Gasteiger partial charge on any atom is -0.464 e. The van der Waals surface area contributed by atoms with E-state index in [-0.39, 0.29) is 5.82 Å². The third-order valence-electron chi connectivity index (χ3n) is 2.39. The van der Waals surface area contributed by atoms with Gasteiger partial charge in [0.25, 0.3) is 0 Å². The van der Waals surface area contributed by atoms with E-state index in [9.17, 15) is 14.7 Å². The van der Waals surface area contributed by atoms with Gasteiger partial charge in [-0.1, -0.05) is 15.9 Å². The number of rotatable bonds is 1. The summed E-state index contributed by atoms with van der Waals surface area (Å²) >= 11 is 4.44. The predicted octanol–water partition coefficient (Wildman–Crippen LogP) is 4.48. The van der Waals surface area contributed by atoms with Crippen LogP contribution in [-0.4, -0.2) is 27.3 Å². The molecule has 0 saturated carbocycles. The Balaban J connectivity index is 2.48. The Labute approximate surface area is 133 Å². The number of anilines is 1. The van der Waals surface area contributed by atoms with E-state index >= 15 is 0 Å². The number of nitrogens with zero attached hydrogens (tertiary/aromatic N) is 2. The van der Waals surface area contributed by atoms with Gasteiger partial charge in [-0.05, 0) is 50.5 Å². The number of hydrogen-bond acceptors (Lipinski definition) is 5. The molecule has 112 valence electrons. The van der Waals surface area contributed by atoms with Crippen LogP contribution in [0.15, 0.2) is 22.7 Å². The molecule has 1 aromatic heterocycles. The van der Waals surface area contributed by atoms with Crippen molar-refractivity contribution in [3.8, 4) is 0 Å². The van der Waals surface area contributed by atoms with Gasteiger partial charge in [-0.2, -0.15) is 9.27 Å². The standard InChI is InChI=1S/C13H13BrN2O4S/c1-13(2,3)20-12(19)16(11(17)18)10-8-6-7(14)4-5-9(8)21-15-10/h4-6H,1-3H3,(H,17,18). The summed E-state index contributed by atoms with van der Waals surface area (Å²) in [4.78, 5) is 24.1. The summed E-state index contributed by atoms with van der Waals surface area (Å²) in [5.41, 5.74) is -0.794. The molecule has 0 radical (unpaired) electrons. The Kier molecular flexibility index (Phi) is 4.20. The fourth-order valence-electron chi connectivity index (χ4n) is 1.62. The maximum Gasteiger partial charge on any atom is 0.425 e. The third kappa shape index (κ3) is 3.51. The average molecular weight is 373 g/mol. The minimum absolute atomic E-state index is 0.0538. The van der Waals surface area contributed by atoms with Gasteiger partial charge in [-0.3, -0.25) is 0 Å². The molecule has 2 rings (SSSR count). The first-order valence-corrected chi connectivity index (χ1v) is 7.56. The summed E-state index contributed by atoms with van der Waals surface area (Å²) in [6.07, 6.45) is -2.40. The highest BCUT2D eigenvalue weighted by Crippen LogP contribution is 2.32. The summed E-state index contributed by atoms with van der Waals surface area (Å²) in [6, 6.07) is 5.34. The Morgan fingerprint density at radius 1 is 1.38 bits per heavy atom. The number of aromatic nitrogens is 1. The number of imide groups is 1. The van der Waals surface area contributed by atoms with Crippen LogP contribution in [0, 0.1) is 0 Å². The first-order chi connectivity index (χ1) is 9.69. The fraction of sp³-hybridized carbons (Fsp3) is 0.308. The van der Waals surface area contributed by atoms with E-state index in [2.05, 4.69) is 20.3 Å². The molecule has 0 unspecified atom stereocenters. The number of carboxylic acid groups (broad SMARTS) is 1. The average Bonchev–Trinajstić information content (AvgIpc) is 2.69. The van der Waals surface area contributed by atoms with Crippen LogP contribution in [-0.2, 0) is 4.74 Å². The number of carbonyl (C=O) groups is 2. The highest BCUT2D eigenvalue weighted by atomic mass is 79.9. The lowest BCUT2D eigenvalue weighted by Crippen LogP contribution is -2.40. The van der Waals surface area contributed by atoms with Crippen molar-refractivity contribution in [2.45, 2.75) is 26.4 Å². The first-order valence-electron chi connectivity index (χ1n) is 6.00. The minimum atomic E-state index is -1.43. The van der Waals surface area contributed by atoms with Gasteiger partial charge in [0.05, 0.1) is 4.70 Å². The molecule has 1 N–H and O–H groups in total. The molecule has 0 aliphatic rings. The molecule has 8 heteroatoms. The van der Waals surface area contributed by atoms with Crippen molar-refractivity contribution in [1.82, 2.24) is 4.37 Å². The lowest BCUT2D eigenvalue weighted by molar-refractivity contribution is 0.0581. The molecule has 0 aliphatic carbocycles. The number of ether oxygens (including phenoxy) is 1. The van der Waals surface area contributed by atoms with E-state index in [0.29, 0.717) is 10.3 Å². The van der Waals surface area contributed by atoms with Crippen molar-refractivity contribution in [2.24, 2.45) is 0 Å². The van der Waals surface area contributed by atoms with Gasteiger partial charge in [-0.25, -0.2) is 9.59 Å². The molecule has 2 aromatic rings. The van der Waals surface area contributed by atoms with E-state index in [4.69, 9.17) is 4.74 Å². The summed E-state index contributed by atoms with van der Waals surface area (Å²) in [6.45, 7) is 5.00. The Hall–Kier alpha value is -1.67. The second-order valence-corrected chi connectivity index (χ2v) is 6.97. The number of halogens is 1. The second-order valence-electron chi connectivity index (χ2n) is 5.24. The van der Waals surface area contributed by atoms with Crippen molar-refractivity contribution in [2.75, 3.05) is 4.90 Å². The number of hydrogen-bond donors (Lipinski definition) is 1. The monoisotopic (exact) mass is 372 g/mol. The van der Waals surface area contributed by atoms with Crippen molar-refractivity contribution in [1.29, 1.82) is 0 Å². The molecular weight excluding hydrogens is 360 g/mol. The molecule has 0 aliphatic heterocycles. The van der Waals surface area contributed by atoms with Crippen LogP contribution < -0.4 is 4.90 Å². The summed E-state index contributed by atoms with van der Waals surface area (Å²) < 4.78 is 10.7. The van der Waals surface area contributed by atoms with E-state index < -0.39 is 17.8 Å². The maximum absolute atomic E-state index is 12.1. The van der Waals surface area contributed by atoms with E-state index in [1.807, 2.05) is 6.07 Å². The molecule has 1 heterocycles. The zero-order valence-electron chi connectivity index (χ0n) is 11.6. The molecule has 2 amide bonds.